The van der Waals surface area contributed by atoms with Crippen molar-refractivity contribution in [3.63, 3.8) is 0 Å². The number of rotatable bonds is 8. The molecule has 3 amide bonds. The first-order valence-electron chi connectivity index (χ1n) is 11.5. The molecule has 0 unspecified atom stereocenters. The van der Waals surface area contributed by atoms with E-state index in [0.29, 0.717) is 21.6 Å². The highest BCUT2D eigenvalue weighted by Gasteiger charge is 2.23. The number of nitrogens with zero attached hydrogens (tertiary/aromatic N) is 3. The zero-order chi connectivity index (χ0) is 26.5. The smallest absolute Gasteiger partial charge is 0.322 e. The van der Waals surface area contributed by atoms with Crippen LogP contribution >= 0.6 is 23.2 Å². The van der Waals surface area contributed by atoms with Crippen LogP contribution in [0.3, 0.4) is 0 Å². The Morgan fingerprint density at radius 2 is 1.81 bits per heavy atom. The predicted molar refractivity (Wildman–Crippen MR) is 145 cm³/mol. The van der Waals surface area contributed by atoms with Gasteiger partial charge in [-0.25, -0.2) is 9.48 Å². The van der Waals surface area contributed by atoms with Gasteiger partial charge in [-0.2, -0.15) is 5.10 Å². The molecule has 2 N–H and O–H groups in total. The fourth-order valence-corrected chi connectivity index (χ4v) is 3.68. The summed E-state index contributed by atoms with van der Waals surface area (Å²) < 4.78 is 6.84. The summed E-state index contributed by atoms with van der Waals surface area (Å²) in [7, 11) is 1.53. The highest BCUT2D eigenvalue weighted by atomic mass is 35.5. The lowest BCUT2D eigenvalue weighted by molar-refractivity contribution is -0.116. The van der Waals surface area contributed by atoms with Crippen LogP contribution in [0.25, 0.3) is 5.69 Å². The van der Waals surface area contributed by atoms with Gasteiger partial charge in [0.1, 0.15) is 12.4 Å². The van der Waals surface area contributed by atoms with Gasteiger partial charge in [0, 0.05) is 30.8 Å². The number of amides is 3. The fourth-order valence-electron chi connectivity index (χ4n) is 3.38. The third-order valence-electron chi connectivity index (χ3n) is 5.35. The van der Waals surface area contributed by atoms with Crippen LogP contribution in [0.1, 0.15) is 32.0 Å². The highest BCUT2D eigenvalue weighted by molar-refractivity contribution is 6.42. The van der Waals surface area contributed by atoms with Crippen molar-refractivity contribution in [2.24, 2.45) is 0 Å². The van der Waals surface area contributed by atoms with Crippen molar-refractivity contribution in [3.05, 3.63) is 69.8 Å². The van der Waals surface area contributed by atoms with Crippen molar-refractivity contribution in [3.8, 4) is 5.69 Å². The first-order chi connectivity index (χ1) is 17.0. The average molecular weight is 532 g/mol. The summed E-state index contributed by atoms with van der Waals surface area (Å²) in [5, 5.41) is 11.1. The third kappa shape index (κ3) is 7.22. The van der Waals surface area contributed by atoms with Crippen LogP contribution in [0, 0.1) is 6.92 Å². The number of urea groups is 1. The number of benzene rings is 2. The van der Waals surface area contributed by atoms with Crippen molar-refractivity contribution in [1.82, 2.24) is 14.7 Å². The number of hydrogen-bond acceptors (Lipinski definition) is 4. The summed E-state index contributed by atoms with van der Waals surface area (Å²) in [5.74, 6) is 0.150. The maximum atomic E-state index is 13.1. The number of carbonyl (C=O) groups excluding carboxylic acids is 2. The molecular formula is C26H31Cl2N5O3. The van der Waals surface area contributed by atoms with Gasteiger partial charge >= 0.3 is 6.03 Å². The van der Waals surface area contributed by atoms with Crippen molar-refractivity contribution < 1.29 is 14.3 Å². The van der Waals surface area contributed by atoms with Crippen LogP contribution in [0.2, 0.25) is 10.0 Å². The number of ether oxygens (including phenoxy) is 1. The molecule has 0 bridgehead atoms. The molecule has 10 heteroatoms. The molecule has 2 aromatic carbocycles. The molecule has 0 aliphatic carbocycles. The molecule has 8 nitrogen and oxygen atoms in total. The highest BCUT2D eigenvalue weighted by Crippen LogP contribution is 2.27. The molecule has 0 fully saturated rings. The van der Waals surface area contributed by atoms with Crippen molar-refractivity contribution in [2.45, 2.75) is 33.1 Å². The summed E-state index contributed by atoms with van der Waals surface area (Å²) in [6.45, 7) is 8.44. The van der Waals surface area contributed by atoms with E-state index in [1.165, 1.54) is 12.0 Å². The monoisotopic (exact) mass is 531 g/mol. The molecule has 0 atom stereocenters. The first-order valence-corrected chi connectivity index (χ1v) is 12.2. The van der Waals surface area contributed by atoms with Gasteiger partial charge in [-0.3, -0.25) is 4.79 Å². The second-order valence-electron chi connectivity index (χ2n) is 9.44. The molecule has 3 aromatic rings. The van der Waals surface area contributed by atoms with E-state index in [4.69, 9.17) is 33.0 Å². The largest absolute Gasteiger partial charge is 0.383 e. The van der Waals surface area contributed by atoms with E-state index in [-0.39, 0.29) is 31.0 Å². The Balaban J connectivity index is 1.81. The van der Waals surface area contributed by atoms with Crippen molar-refractivity contribution in [2.75, 3.05) is 37.4 Å². The van der Waals surface area contributed by atoms with Crippen LogP contribution in [-0.4, -0.2) is 53.4 Å². The van der Waals surface area contributed by atoms with Crippen LogP contribution in [0.15, 0.2) is 48.5 Å². The Labute approximate surface area is 221 Å². The van der Waals surface area contributed by atoms with Gasteiger partial charge in [-0.05, 0) is 42.8 Å². The van der Waals surface area contributed by atoms with Gasteiger partial charge in [0.2, 0.25) is 5.91 Å². The topological polar surface area (TPSA) is 88.5 Å². The molecule has 0 spiro atoms. The molecule has 1 aromatic heterocycles. The zero-order valence-corrected chi connectivity index (χ0v) is 22.6. The Morgan fingerprint density at radius 1 is 1.06 bits per heavy atom. The number of methoxy groups -OCH3 is 1. The fraction of sp³-hybridized carbons (Fsp3) is 0.346. The van der Waals surface area contributed by atoms with E-state index in [2.05, 4.69) is 31.4 Å². The normalized spacial score (nSPS) is 11.3. The van der Waals surface area contributed by atoms with Gasteiger partial charge in [0.25, 0.3) is 0 Å². The molecule has 0 saturated heterocycles. The van der Waals surface area contributed by atoms with Gasteiger partial charge in [0.05, 0.1) is 28.0 Å². The maximum absolute atomic E-state index is 13.1. The van der Waals surface area contributed by atoms with Crippen LogP contribution in [-0.2, 0) is 14.9 Å². The second kappa shape index (κ2) is 11.8. The number of aryl methyl sites for hydroxylation is 1. The molecule has 192 valence electrons. The van der Waals surface area contributed by atoms with E-state index in [1.54, 1.807) is 22.9 Å². The quantitative estimate of drug-likeness (QED) is 0.378. The van der Waals surface area contributed by atoms with E-state index in [9.17, 15) is 9.59 Å². The number of hydrogen-bond donors (Lipinski definition) is 2. The van der Waals surface area contributed by atoms with Crippen molar-refractivity contribution in [1.29, 1.82) is 0 Å². The minimum atomic E-state index is -0.469. The molecule has 0 aliphatic heterocycles. The lowest BCUT2D eigenvalue weighted by Gasteiger charge is -2.22. The molecular weight excluding hydrogens is 501 g/mol. The van der Waals surface area contributed by atoms with Gasteiger partial charge in [-0.15, -0.1) is 0 Å². The predicted octanol–water partition coefficient (Wildman–Crippen LogP) is 5.90. The first kappa shape index (κ1) is 27.5. The second-order valence-corrected chi connectivity index (χ2v) is 10.3. The number of aromatic nitrogens is 2. The summed E-state index contributed by atoms with van der Waals surface area (Å²) in [5.41, 5.74) is 2.97. The molecule has 0 aliphatic rings. The Morgan fingerprint density at radius 3 is 2.44 bits per heavy atom. The Bertz CT molecular complexity index is 1240. The zero-order valence-electron chi connectivity index (χ0n) is 21.1. The summed E-state index contributed by atoms with van der Waals surface area (Å²) in [4.78, 5) is 27.4. The molecule has 36 heavy (non-hydrogen) atoms. The van der Waals surface area contributed by atoms with E-state index in [1.807, 2.05) is 37.3 Å². The molecule has 0 saturated carbocycles. The van der Waals surface area contributed by atoms with Gasteiger partial charge in [-0.1, -0.05) is 56.1 Å². The number of anilines is 2. The standard InChI is InChI=1S/C26H31Cl2N5O3/c1-17-7-6-8-19(13-17)33-23(15-22(31-33)26(2,3)4)30-24(34)16-32(11-12-36-5)25(35)29-18-9-10-20(27)21(28)14-18/h6-10,13-15H,11-12,16H2,1-5H3,(H,29,35)(H,30,34). The minimum absolute atomic E-state index is 0.194. The van der Waals surface area contributed by atoms with E-state index < -0.39 is 6.03 Å². The average Bonchev–Trinajstić information content (AvgIpc) is 3.23. The van der Waals surface area contributed by atoms with E-state index in [0.717, 1.165) is 16.9 Å². The lowest BCUT2D eigenvalue weighted by Crippen LogP contribution is -2.42. The third-order valence-corrected chi connectivity index (χ3v) is 6.09. The minimum Gasteiger partial charge on any atom is -0.383 e. The van der Waals surface area contributed by atoms with Crippen LogP contribution in [0.4, 0.5) is 16.3 Å². The lowest BCUT2D eigenvalue weighted by atomic mass is 9.92. The van der Waals surface area contributed by atoms with Crippen LogP contribution in [0.5, 0.6) is 0 Å². The SMILES string of the molecule is COCCN(CC(=O)Nc1cc(C(C)(C)C)nn1-c1cccc(C)c1)C(=O)Nc1ccc(Cl)c(Cl)c1. The maximum Gasteiger partial charge on any atom is 0.322 e. The Kier molecular flexibility index (Phi) is 9.00. The molecule has 3 rings (SSSR count). The van der Waals surface area contributed by atoms with Crippen molar-refractivity contribution >= 4 is 46.6 Å². The molecule has 0 radical (unpaired) electrons. The number of carbonyl (C=O) groups is 2. The Hall–Kier alpha value is -3.07. The van der Waals surface area contributed by atoms with E-state index >= 15 is 0 Å². The summed E-state index contributed by atoms with van der Waals surface area (Å²) in [6.07, 6.45) is 0. The number of halogens is 2. The van der Waals surface area contributed by atoms with Gasteiger partial charge < -0.3 is 20.3 Å². The van der Waals surface area contributed by atoms with Crippen LogP contribution < -0.4 is 10.6 Å². The summed E-state index contributed by atoms with van der Waals surface area (Å²) >= 11 is 12.0. The summed E-state index contributed by atoms with van der Waals surface area (Å²) in [6, 6.07) is 14.0. The van der Waals surface area contributed by atoms with Gasteiger partial charge in [0.15, 0.2) is 0 Å². The molecule has 1 heterocycles. The number of nitrogens with one attached hydrogen (secondary N) is 2.